The third kappa shape index (κ3) is 6.97. The molecular weight excluding hydrogens is 881 g/mol. The number of benzene rings is 4. The van der Waals surface area contributed by atoms with Crippen molar-refractivity contribution in [3.63, 3.8) is 0 Å². The molecule has 0 saturated carbocycles. The molecule has 8 heterocycles. The number of hydrogen-bond acceptors (Lipinski definition) is 12. The molecule has 0 aliphatic rings. The predicted molar refractivity (Wildman–Crippen MR) is 271 cm³/mol. The number of rotatable bonds is 8. The zero-order valence-electron chi connectivity index (χ0n) is 40.3. The van der Waals surface area contributed by atoms with Gasteiger partial charge in [0.2, 0.25) is 0 Å². The molecular formula is C54H48N12O4. The standard InChI is InChI=1S/2C27H24N6O2/c1-14-23(26(33(4)31-14)17-9-7-6-8-10-17)25-24-18-12-21(34-5)19(22-15(2)32-35-16(22)3)11-20(18)30-27(24)29-13-28-25;1-14-22(16(3)35-32-14)19-11-20-18(12-21(19)34-5)24-26(28-13-29-27(24)30-20)23-15(2)33(4)31-25(23)17-9-7-6-8-10-17/h2*6-13H,1-5H3,(H,28,29,30). The minimum absolute atomic E-state index is 0.730. The number of hydrogen-bond donors (Lipinski definition) is 2. The Balaban J connectivity index is 0.000000152. The van der Waals surface area contributed by atoms with Crippen molar-refractivity contribution >= 4 is 43.9 Å². The van der Waals surface area contributed by atoms with Gasteiger partial charge in [-0.3, -0.25) is 9.36 Å². The number of aryl methyl sites for hydroxylation is 7. The van der Waals surface area contributed by atoms with E-state index in [0.29, 0.717) is 0 Å². The number of H-pyrrole nitrogens is 2. The lowest BCUT2D eigenvalue weighted by atomic mass is 9.98. The normalized spacial score (nSPS) is 11.6. The number of ether oxygens (including phenoxy) is 2. The smallest absolute Gasteiger partial charge is 0.142 e. The van der Waals surface area contributed by atoms with E-state index in [9.17, 15) is 0 Å². The number of nitrogens with zero attached hydrogens (tertiary/aromatic N) is 10. The van der Waals surface area contributed by atoms with Gasteiger partial charge in [-0.25, -0.2) is 19.9 Å². The van der Waals surface area contributed by atoms with Gasteiger partial charge < -0.3 is 28.5 Å². The van der Waals surface area contributed by atoms with Crippen molar-refractivity contribution in [1.82, 2.24) is 59.8 Å². The van der Waals surface area contributed by atoms with E-state index in [1.165, 1.54) is 0 Å². The number of nitrogens with one attached hydrogen (secondary N) is 2. The highest BCUT2D eigenvalue weighted by molar-refractivity contribution is 6.16. The maximum Gasteiger partial charge on any atom is 0.142 e. The number of methoxy groups -OCH3 is 2. The Labute approximate surface area is 401 Å². The summed E-state index contributed by atoms with van der Waals surface area (Å²) in [7, 11) is 7.27. The Kier molecular flexibility index (Phi) is 10.6. The van der Waals surface area contributed by atoms with Gasteiger partial charge in [-0.05, 0) is 65.8 Å². The van der Waals surface area contributed by atoms with Gasteiger partial charge in [0, 0.05) is 75.0 Å². The second-order valence-electron chi connectivity index (χ2n) is 17.3. The van der Waals surface area contributed by atoms with Crippen molar-refractivity contribution in [2.75, 3.05) is 14.2 Å². The summed E-state index contributed by atoms with van der Waals surface area (Å²) in [5, 5.41) is 21.6. The Morgan fingerprint density at radius 3 is 1.46 bits per heavy atom. The molecule has 0 amide bonds. The summed E-state index contributed by atoms with van der Waals surface area (Å²) in [6, 6.07) is 28.6. The van der Waals surface area contributed by atoms with Crippen LogP contribution in [-0.2, 0) is 14.1 Å². The first-order valence-electron chi connectivity index (χ1n) is 22.7. The first-order valence-corrected chi connectivity index (χ1v) is 22.7. The lowest BCUT2D eigenvalue weighted by Gasteiger charge is -2.10. The number of fused-ring (bicyclic) bond motifs is 6. The van der Waals surface area contributed by atoms with E-state index in [-0.39, 0.29) is 0 Å². The summed E-state index contributed by atoms with van der Waals surface area (Å²) < 4.78 is 26.3. The Hall–Kier alpha value is -8.92. The topological polar surface area (TPSA) is 189 Å². The summed E-state index contributed by atoms with van der Waals surface area (Å²) in [6.45, 7) is 11.8. The van der Waals surface area contributed by atoms with Crippen LogP contribution in [0.25, 0.3) is 111 Å². The van der Waals surface area contributed by atoms with Gasteiger partial charge in [-0.15, -0.1) is 0 Å². The molecule has 0 bridgehead atoms. The SMILES string of the molecule is COc1cc2c(cc1-c1c(C)noc1C)[nH]c1ncnc(-c3c(-c4ccccc4)nn(C)c3C)c12.COc1cc2c(cc1-c1c(C)noc1C)[nH]c1ncnc(-c3c(C)nn(C)c3-c3ccccc3)c12. The quantitative estimate of drug-likeness (QED) is 0.147. The molecule has 12 aromatic rings. The van der Waals surface area contributed by atoms with Crippen molar-refractivity contribution in [2.45, 2.75) is 41.5 Å². The molecule has 0 unspecified atom stereocenters. The monoisotopic (exact) mass is 928 g/mol. The largest absolute Gasteiger partial charge is 0.496 e. The molecule has 70 heavy (non-hydrogen) atoms. The van der Waals surface area contributed by atoms with Gasteiger partial charge in [0.15, 0.2) is 0 Å². The first kappa shape index (κ1) is 43.6. The van der Waals surface area contributed by atoms with E-state index in [0.717, 1.165) is 157 Å². The van der Waals surface area contributed by atoms with Crippen LogP contribution in [0, 0.1) is 41.5 Å². The summed E-state index contributed by atoms with van der Waals surface area (Å²) in [4.78, 5) is 25.6. The molecule has 16 nitrogen and oxygen atoms in total. The fourth-order valence-corrected chi connectivity index (χ4v) is 9.91. The van der Waals surface area contributed by atoms with Crippen LogP contribution in [0.2, 0.25) is 0 Å². The van der Waals surface area contributed by atoms with Gasteiger partial charge >= 0.3 is 0 Å². The predicted octanol–water partition coefficient (Wildman–Crippen LogP) is 11.5. The first-order chi connectivity index (χ1) is 33.9. The molecule has 0 saturated heterocycles. The van der Waals surface area contributed by atoms with Crippen molar-refractivity contribution in [3.8, 4) is 78.8 Å². The fourth-order valence-electron chi connectivity index (χ4n) is 9.91. The van der Waals surface area contributed by atoms with Crippen LogP contribution in [0.5, 0.6) is 11.5 Å². The third-order valence-corrected chi connectivity index (χ3v) is 13.1. The molecule has 348 valence electrons. The molecule has 8 aromatic heterocycles. The number of aromatic nitrogens is 12. The van der Waals surface area contributed by atoms with Gasteiger partial charge in [0.1, 0.15) is 52.7 Å². The minimum atomic E-state index is 0.730. The minimum Gasteiger partial charge on any atom is -0.496 e. The molecule has 2 N–H and O–H groups in total. The molecule has 0 spiro atoms. The van der Waals surface area contributed by atoms with Crippen LogP contribution in [0.15, 0.2) is 107 Å². The maximum absolute atomic E-state index is 5.83. The summed E-state index contributed by atoms with van der Waals surface area (Å²) in [5.41, 5.74) is 18.3. The lowest BCUT2D eigenvalue weighted by Crippen LogP contribution is -1.95. The summed E-state index contributed by atoms with van der Waals surface area (Å²) in [5.74, 6) is 2.95. The van der Waals surface area contributed by atoms with Gasteiger partial charge in [0.05, 0.1) is 70.3 Å². The fraction of sp³-hybridized carbons (Fsp3) is 0.185. The van der Waals surface area contributed by atoms with Crippen molar-refractivity contribution < 1.29 is 18.5 Å². The highest BCUT2D eigenvalue weighted by Gasteiger charge is 2.27. The Morgan fingerprint density at radius 1 is 0.500 bits per heavy atom. The second-order valence-corrected chi connectivity index (χ2v) is 17.3. The van der Waals surface area contributed by atoms with Gasteiger partial charge in [-0.2, -0.15) is 10.2 Å². The van der Waals surface area contributed by atoms with Gasteiger partial charge in [0.25, 0.3) is 0 Å². The van der Waals surface area contributed by atoms with Crippen LogP contribution >= 0.6 is 0 Å². The molecule has 0 radical (unpaired) electrons. The average molecular weight is 929 g/mol. The van der Waals surface area contributed by atoms with E-state index in [1.54, 1.807) is 26.9 Å². The second kappa shape index (κ2) is 17.0. The van der Waals surface area contributed by atoms with Crippen LogP contribution in [0.4, 0.5) is 0 Å². The maximum atomic E-state index is 5.83. The van der Waals surface area contributed by atoms with Crippen molar-refractivity contribution in [2.24, 2.45) is 14.1 Å². The molecule has 0 fully saturated rings. The van der Waals surface area contributed by atoms with E-state index in [4.69, 9.17) is 38.7 Å². The van der Waals surface area contributed by atoms with E-state index in [1.807, 2.05) is 107 Å². The van der Waals surface area contributed by atoms with E-state index in [2.05, 4.69) is 73.6 Å². The average Bonchev–Trinajstić information content (AvgIpc) is 4.22. The molecule has 12 rings (SSSR count). The molecule has 0 atom stereocenters. The van der Waals surface area contributed by atoms with Crippen molar-refractivity contribution in [3.05, 3.63) is 132 Å². The Bertz CT molecular complexity index is 3760. The molecule has 0 aliphatic heterocycles. The van der Waals surface area contributed by atoms with E-state index >= 15 is 0 Å². The van der Waals surface area contributed by atoms with E-state index < -0.39 is 0 Å². The van der Waals surface area contributed by atoms with Crippen LogP contribution < -0.4 is 9.47 Å². The Morgan fingerprint density at radius 2 is 0.986 bits per heavy atom. The molecule has 16 heteroatoms. The summed E-state index contributed by atoms with van der Waals surface area (Å²) >= 11 is 0. The highest BCUT2D eigenvalue weighted by Crippen LogP contribution is 2.45. The molecule has 4 aromatic carbocycles. The molecule has 0 aliphatic carbocycles. The van der Waals surface area contributed by atoms with Crippen molar-refractivity contribution in [1.29, 1.82) is 0 Å². The van der Waals surface area contributed by atoms with Gasteiger partial charge in [-0.1, -0.05) is 71.0 Å². The van der Waals surface area contributed by atoms with Crippen LogP contribution in [0.3, 0.4) is 0 Å². The summed E-state index contributed by atoms with van der Waals surface area (Å²) in [6.07, 6.45) is 3.20. The third-order valence-electron chi connectivity index (χ3n) is 13.1. The van der Waals surface area contributed by atoms with Crippen LogP contribution in [0.1, 0.15) is 34.3 Å². The highest BCUT2D eigenvalue weighted by atomic mass is 16.5. The lowest BCUT2D eigenvalue weighted by molar-refractivity contribution is 0.393. The van der Waals surface area contributed by atoms with Crippen LogP contribution in [-0.4, -0.2) is 74.0 Å². The zero-order valence-corrected chi connectivity index (χ0v) is 40.3. The zero-order chi connectivity index (χ0) is 48.5. The number of aromatic amines is 2.